The van der Waals surface area contributed by atoms with Crippen LogP contribution < -0.4 is 4.74 Å². The third kappa shape index (κ3) is 2.69. The predicted molar refractivity (Wildman–Crippen MR) is 81.0 cm³/mol. The molecule has 0 fully saturated rings. The van der Waals surface area contributed by atoms with Gasteiger partial charge < -0.3 is 14.5 Å². The fraction of sp³-hybridized carbons (Fsp3) is 0.133. The lowest BCUT2D eigenvalue weighted by Gasteiger charge is -2.11. The Morgan fingerprint density at radius 2 is 2.15 bits per heavy atom. The molecular formula is C15H13BrN2O2. The molecule has 1 N–H and O–H groups in total. The summed E-state index contributed by atoms with van der Waals surface area (Å²) in [5.41, 5.74) is 1.84. The molecule has 1 aromatic carbocycles. The molecule has 3 rings (SSSR count). The molecule has 0 saturated carbocycles. The van der Waals surface area contributed by atoms with Crippen LogP contribution in [0.5, 0.6) is 11.5 Å². The Labute approximate surface area is 124 Å². The highest BCUT2D eigenvalue weighted by atomic mass is 79.9. The first-order valence-corrected chi connectivity index (χ1v) is 6.94. The van der Waals surface area contributed by atoms with Crippen molar-refractivity contribution in [2.75, 3.05) is 7.11 Å². The Morgan fingerprint density at radius 1 is 1.25 bits per heavy atom. The maximum absolute atomic E-state index is 5.93. The average molecular weight is 333 g/mol. The monoisotopic (exact) mass is 332 g/mol. The highest BCUT2D eigenvalue weighted by Gasteiger charge is 2.07. The number of pyridine rings is 1. The number of aromatic amines is 1. The molecular weight excluding hydrogens is 320 g/mol. The third-order valence-corrected chi connectivity index (χ3v) is 3.43. The molecule has 3 aromatic rings. The molecule has 0 spiro atoms. The number of benzene rings is 1. The Hall–Kier alpha value is -1.85. The van der Waals surface area contributed by atoms with Gasteiger partial charge in [-0.3, -0.25) is 0 Å². The van der Waals surface area contributed by atoms with Gasteiger partial charge in [-0.2, -0.15) is 0 Å². The first-order valence-electron chi connectivity index (χ1n) is 6.14. The lowest BCUT2D eigenvalue weighted by atomic mass is 10.2. The van der Waals surface area contributed by atoms with Gasteiger partial charge >= 0.3 is 0 Å². The molecule has 0 saturated heterocycles. The number of methoxy groups -OCH3 is 1. The van der Waals surface area contributed by atoms with Crippen LogP contribution in [0, 0.1) is 0 Å². The molecule has 20 heavy (non-hydrogen) atoms. The minimum absolute atomic E-state index is 0.502. The van der Waals surface area contributed by atoms with Gasteiger partial charge in [0.1, 0.15) is 17.1 Å². The number of fused-ring (bicyclic) bond motifs is 1. The molecule has 0 aliphatic carbocycles. The van der Waals surface area contributed by atoms with Gasteiger partial charge in [0.15, 0.2) is 0 Å². The zero-order valence-electron chi connectivity index (χ0n) is 10.9. The van der Waals surface area contributed by atoms with Crippen LogP contribution in [-0.4, -0.2) is 17.1 Å². The van der Waals surface area contributed by atoms with Crippen molar-refractivity contribution in [1.82, 2.24) is 9.97 Å². The van der Waals surface area contributed by atoms with E-state index >= 15 is 0 Å². The largest absolute Gasteiger partial charge is 0.455 e. The lowest BCUT2D eigenvalue weighted by Crippen LogP contribution is -1.94. The Balaban J connectivity index is 1.94. The van der Waals surface area contributed by atoms with Gasteiger partial charge in [-0.05, 0) is 24.3 Å². The molecule has 0 atom stereocenters. The third-order valence-electron chi connectivity index (χ3n) is 2.93. The van der Waals surface area contributed by atoms with Crippen molar-refractivity contribution < 1.29 is 9.47 Å². The van der Waals surface area contributed by atoms with Gasteiger partial charge in [-0.1, -0.05) is 22.0 Å². The minimum Gasteiger partial charge on any atom is -0.455 e. The molecule has 0 bridgehead atoms. The predicted octanol–water partition coefficient (Wildman–Crippen LogP) is 4.26. The summed E-state index contributed by atoms with van der Waals surface area (Å²) in [7, 11) is 1.67. The van der Waals surface area contributed by atoms with E-state index in [0.717, 1.165) is 26.8 Å². The molecule has 0 aliphatic rings. The molecule has 0 radical (unpaired) electrons. The second kappa shape index (κ2) is 5.64. The molecule has 0 amide bonds. The Bertz CT molecular complexity index is 740. The van der Waals surface area contributed by atoms with E-state index in [1.807, 2.05) is 36.5 Å². The number of ether oxygens (including phenoxy) is 2. The summed E-state index contributed by atoms with van der Waals surface area (Å²) in [6.07, 6.45) is 3.56. The van der Waals surface area contributed by atoms with Crippen molar-refractivity contribution in [1.29, 1.82) is 0 Å². The van der Waals surface area contributed by atoms with Crippen LogP contribution in [0.1, 0.15) is 5.56 Å². The Kier molecular flexibility index (Phi) is 3.71. The van der Waals surface area contributed by atoms with E-state index in [4.69, 9.17) is 9.47 Å². The summed E-state index contributed by atoms with van der Waals surface area (Å²) in [5.74, 6) is 1.46. The Morgan fingerprint density at radius 3 is 3.00 bits per heavy atom. The first-order chi connectivity index (χ1) is 9.76. The van der Waals surface area contributed by atoms with E-state index < -0.39 is 0 Å². The quantitative estimate of drug-likeness (QED) is 0.776. The van der Waals surface area contributed by atoms with Gasteiger partial charge in [-0.25, -0.2) is 4.98 Å². The van der Waals surface area contributed by atoms with Crippen LogP contribution in [0.4, 0.5) is 0 Å². The smallest absolute Gasteiger partial charge is 0.146 e. The van der Waals surface area contributed by atoms with Crippen LogP contribution in [0.2, 0.25) is 0 Å². The van der Waals surface area contributed by atoms with Crippen molar-refractivity contribution in [3.8, 4) is 11.5 Å². The van der Waals surface area contributed by atoms with Crippen LogP contribution in [0.25, 0.3) is 11.0 Å². The van der Waals surface area contributed by atoms with Gasteiger partial charge in [-0.15, -0.1) is 0 Å². The molecule has 0 aliphatic heterocycles. The van der Waals surface area contributed by atoms with Crippen LogP contribution in [0.15, 0.2) is 47.2 Å². The van der Waals surface area contributed by atoms with Crippen molar-refractivity contribution in [2.45, 2.75) is 6.61 Å². The van der Waals surface area contributed by atoms with E-state index in [-0.39, 0.29) is 0 Å². The molecule has 2 heterocycles. The SMILES string of the molecule is COCc1ccc(Br)cc1Oc1cnc2[nH]ccc2c1. The summed E-state index contributed by atoms with van der Waals surface area (Å²) < 4.78 is 12.1. The van der Waals surface area contributed by atoms with E-state index in [9.17, 15) is 0 Å². The number of hydrogen-bond acceptors (Lipinski definition) is 3. The average Bonchev–Trinajstić information content (AvgIpc) is 2.89. The number of nitrogens with zero attached hydrogens (tertiary/aromatic N) is 1. The number of rotatable bonds is 4. The van der Waals surface area contributed by atoms with E-state index in [0.29, 0.717) is 12.4 Å². The van der Waals surface area contributed by atoms with Gasteiger partial charge in [0.25, 0.3) is 0 Å². The number of hydrogen-bond donors (Lipinski definition) is 1. The van der Waals surface area contributed by atoms with Crippen molar-refractivity contribution >= 4 is 27.0 Å². The maximum atomic E-state index is 5.93. The summed E-state index contributed by atoms with van der Waals surface area (Å²) in [5, 5.41) is 1.02. The summed E-state index contributed by atoms with van der Waals surface area (Å²) in [4.78, 5) is 7.37. The van der Waals surface area contributed by atoms with E-state index in [2.05, 4.69) is 25.9 Å². The number of nitrogens with one attached hydrogen (secondary N) is 1. The standard InChI is InChI=1S/C15H13BrN2O2/c1-19-9-11-2-3-12(16)7-14(11)20-13-6-10-4-5-17-15(10)18-8-13/h2-8H,9H2,1H3,(H,17,18). The topological polar surface area (TPSA) is 47.1 Å². The van der Waals surface area contributed by atoms with Crippen LogP contribution in [0.3, 0.4) is 0 Å². The summed E-state index contributed by atoms with van der Waals surface area (Å²) in [6, 6.07) is 9.79. The van der Waals surface area contributed by atoms with Gasteiger partial charge in [0.2, 0.25) is 0 Å². The maximum Gasteiger partial charge on any atom is 0.146 e. The van der Waals surface area contributed by atoms with Gasteiger partial charge in [0, 0.05) is 28.7 Å². The van der Waals surface area contributed by atoms with Crippen molar-refractivity contribution in [2.24, 2.45) is 0 Å². The number of halogens is 1. The molecule has 2 aromatic heterocycles. The minimum atomic E-state index is 0.502. The number of H-pyrrole nitrogens is 1. The highest BCUT2D eigenvalue weighted by Crippen LogP contribution is 2.30. The molecule has 0 unspecified atom stereocenters. The normalized spacial score (nSPS) is 10.9. The molecule has 4 nitrogen and oxygen atoms in total. The second-order valence-electron chi connectivity index (χ2n) is 4.37. The lowest BCUT2D eigenvalue weighted by molar-refractivity contribution is 0.182. The molecule has 102 valence electrons. The highest BCUT2D eigenvalue weighted by molar-refractivity contribution is 9.10. The second-order valence-corrected chi connectivity index (χ2v) is 5.29. The van der Waals surface area contributed by atoms with E-state index in [1.165, 1.54) is 0 Å². The zero-order chi connectivity index (χ0) is 13.9. The fourth-order valence-corrected chi connectivity index (χ4v) is 2.34. The number of aromatic nitrogens is 2. The first kappa shape index (κ1) is 13.1. The fourth-order valence-electron chi connectivity index (χ4n) is 2.00. The van der Waals surface area contributed by atoms with Crippen molar-refractivity contribution in [3.63, 3.8) is 0 Å². The van der Waals surface area contributed by atoms with Gasteiger partial charge in [0.05, 0.1) is 12.8 Å². The van der Waals surface area contributed by atoms with Crippen molar-refractivity contribution in [3.05, 3.63) is 52.8 Å². The summed E-state index contributed by atoms with van der Waals surface area (Å²) in [6.45, 7) is 0.502. The van der Waals surface area contributed by atoms with E-state index in [1.54, 1.807) is 13.3 Å². The van der Waals surface area contributed by atoms with Crippen LogP contribution in [-0.2, 0) is 11.3 Å². The molecule has 5 heteroatoms. The zero-order valence-corrected chi connectivity index (χ0v) is 12.5. The van der Waals surface area contributed by atoms with Crippen LogP contribution >= 0.6 is 15.9 Å². The summed E-state index contributed by atoms with van der Waals surface area (Å²) >= 11 is 3.45.